The summed E-state index contributed by atoms with van der Waals surface area (Å²) in [5, 5.41) is 12.3. The van der Waals surface area contributed by atoms with Gasteiger partial charge in [0.25, 0.3) is 0 Å². The number of nitriles is 1. The average molecular weight is 290 g/mol. The third kappa shape index (κ3) is 3.53. The lowest BCUT2D eigenvalue weighted by molar-refractivity contribution is 0.816. The van der Waals surface area contributed by atoms with Crippen molar-refractivity contribution in [2.24, 2.45) is 0 Å². The molecule has 0 fully saturated rings. The Balaban J connectivity index is 2.22. The molecule has 1 N–H and O–H groups in total. The third-order valence-electron chi connectivity index (χ3n) is 2.51. The van der Waals surface area contributed by atoms with Crippen molar-refractivity contribution >= 4 is 23.3 Å². The summed E-state index contributed by atoms with van der Waals surface area (Å²) in [6.07, 6.45) is 0.837. The van der Waals surface area contributed by atoms with Gasteiger partial charge in [-0.3, -0.25) is 0 Å². The zero-order valence-corrected chi connectivity index (χ0v) is 12.4. The van der Waals surface area contributed by atoms with Gasteiger partial charge in [0.2, 0.25) is 0 Å². The fraction of sp³-hybridized carbons (Fsp3) is 0.308. The van der Waals surface area contributed by atoms with Crippen molar-refractivity contribution in [3.8, 4) is 6.07 Å². The maximum Gasteiger partial charge on any atom is 0.174 e. The summed E-state index contributed by atoms with van der Waals surface area (Å²) < 4.78 is 5.13. The number of nitrogens with one attached hydrogen (secondary N) is 1. The number of aromatic nitrogens is 2. The number of benzene rings is 1. The van der Waals surface area contributed by atoms with E-state index >= 15 is 0 Å². The second kappa shape index (κ2) is 6.66. The van der Waals surface area contributed by atoms with Gasteiger partial charge in [0.1, 0.15) is 11.9 Å². The van der Waals surface area contributed by atoms with Gasteiger partial charge in [0.05, 0.1) is 5.56 Å². The van der Waals surface area contributed by atoms with Gasteiger partial charge >= 0.3 is 0 Å². The number of rotatable bonds is 5. The topological polar surface area (TPSA) is 61.6 Å². The molecule has 0 amide bonds. The van der Waals surface area contributed by atoms with Crippen molar-refractivity contribution in [1.29, 1.82) is 5.26 Å². The quantitative estimate of drug-likeness (QED) is 0.917. The highest BCUT2D eigenvalue weighted by Crippen LogP contribution is 2.31. The first-order chi connectivity index (χ1) is 9.26. The molecule has 6 heteroatoms. The lowest BCUT2D eigenvalue weighted by Gasteiger charge is -2.04. The molecule has 98 valence electrons. The molecular weight excluding hydrogens is 276 g/mol. The molecule has 0 aliphatic rings. The van der Waals surface area contributed by atoms with Crippen molar-refractivity contribution in [2.45, 2.75) is 29.1 Å². The minimum Gasteiger partial charge on any atom is -0.316 e. The molecule has 0 aliphatic heterocycles. The molecule has 0 spiro atoms. The van der Waals surface area contributed by atoms with Gasteiger partial charge in [0.15, 0.2) is 4.34 Å². The van der Waals surface area contributed by atoms with Gasteiger partial charge in [-0.15, -0.1) is 0 Å². The molecule has 2 aromatic rings. The van der Waals surface area contributed by atoms with Crippen molar-refractivity contribution in [3.63, 3.8) is 0 Å². The Labute approximate surface area is 121 Å². The SMILES string of the molecule is CCc1nsc(Sc2ccc(CNC)cc2C#N)n1. The number of hydrogen-bond acceptors (Lipinski definition) is 6. The molecule has 1 aromatic carbocycles. The van der Waals surface area contributed by atoms with Crippen LogP contribution in [0.2, 0.25) is 0 Å². The second-order valence-electron chi connectivity index (χ2n) is 3.90. The number of hydrogen-bond donors (Lipinski definition) is 1. The highest BCUT2D eigenvalue weighted by Gasteiger charge is 2.09. The van der Waals surface area contributed by atoms with Crippen molar-refractivity contribution < 1.29 is 0 Å². The van der Waals surface area contributed by atoms with Crippen LogP contribution >= 0.6 is 23.3 Å². The maximum absolute atomic E-state index is 9.22. The molecule has 0 aliphatic carbocycles. The molecule has 0 radical (unpaired) electrons. The first-order valence-corrected chi connectivity index (χ1v) is 7.54. The zero-order chi connectivity index (χ0) is 13.7. The van der Waals surface area contributed by atoms with E-state index in [-0.39, 0.29) is 0 Å². The van der Waals surface area contributed by atoms with Crippen LogP contribution in [0, 0.1) is 11.3 Å². The van der Waals surface area contributed by atoms with Crippen molar-refractivity contribution in [3.05, 3.63) is 35.2 Å². The molecule has 4 nitrogen and oxygen atoms in total. The van der Waals surface area contributed by atoms with E-state index in [2.05, 4.69) is 20.7 Å². The van der Waals surface area contributed by atoms with E-state index in [4.69, 9.17) is 0 Å². The van der Waals surface area contributed by atoms with E-state index < -0.39 is 0 Å². The molecular formula is C13H14N4S2. The van der Waals surface area contributed by atoms with Crippen LogP contribution in [0.3, 0.4) is 0 Å². The largest absolute Gasteiger partial charge is 0.316 e. The summed E-state index contributed by atoms with van der Waals surface area (Å²) >= 11 is 2.89. The minimum absolute atomic E-state index is 0.686. The van der Waals surface area contributed by atoms with E-state index in [1.54, 1.807) is 0 Å². The Morgan fingerprint density at radius 2 is 2.32 bits per heavy atom. The first kappa shape index (κ1) is 14.0. The maximum atomic E-state index is 9.22. The normalized spacial score (nSPS) is 10.4. The van der Waals surface area contributed by atoms with Gasteiger partial charge in [-0.25, -0.2) is 4.98 Å². The summed E-state index contributed by atoms with van der Waals surface area (Å²) in [7, 11) is 1.89. The Kier molecular flexibility index (Phi) is 4.91. The fourth-order valence-corrected chi connectivity index (χ4v) is 3.30. The smallest absolute Gasteiger partial charge is 0.174 e. The molecule has 19 heavy (non-hydrogen) atoms. The highest BCUT2D eigenvalue weighted by atomic mass is 32.2. The van der Waals surface area contributed by atoms with Gasteiger partial charge in [0, 0.05) is 17.9 Å². The average Bonchev–Trinajstić information content (AvgIpc) is 2.88. The Bertz CT molecular complexity index is 601. The number of nitrogens with zero attached hydrogens (tertiary/aromatic N) is 3. The van der Waals surface area contributed by atoms with Crippen molar-refractivity contribution in [1.82, 2.24) is 14.7 Å². The monoisotopic (exact) mass is 290 g/mol. The molecule has 0 atom stereocenters. The molecule has 1 aromatic heterocycles. The molecule has 0 saturated heterocycles. The van der Waals surface area contributed by atoms with Crippen molar-refractivity contribution in [2.75, 3.05) is 7.05 Å². The summed E-state index contributed by atoms with van der Waals surface area (Å²) in [6.45, 7) is 2.79. The Morgan fingerprint density at radius 1 is 1.47 bits per heavy atom. The zero-order valence-electron chi connectivity index (χ0n) is 10.8. The summed E-state index contributed by atoms with van der Waals surface area (Å²) in [6, 6.07) is 8.16. The molecule has 1 heterocycles. The predicted molar refractivity (Wildman–Crippen MR) is 77.3 cm³/mol. The van der Waals surface area contributed by atoms with E-state index in [0.29, 0.717) is 5.56 Å². The summed E-state index contributed by atoms with van der Waals surface area (Å²) in [4.78, 5) is 5.34. The van der Waals surface area contributed by atoms with Crippen LogP contribution in [0.25, 0.3) is 0 Å². The van der Waals surface area contributed by atoms with Crippen LogP contribution in [0.1, 0.15) is 23.9 Å². The molecule has 0 bridgehead atoms. The highest BCUT2D eigenvalue weighted by molar-refractivity contribution is 8.01. The Morgan fingerprint density at radius 3 is 2.95 bits per heavy atom. The van der Waals surface area contributed by atoms with E-state index in [1.807, 2.05) is 32.2 Å². The van der Waals surface area contributed by atoms with Crippen LogP contribution in [-0.2, 0) is 13.0 Å². The van der Waals surface area contributed by atoms with Crippen LogP contribution in [-0.4, -0.2) is 16.4 Å². The minimum atomic E-state index is 0.686. The van der Waals surface area contributed by atoms with Gasteiger partial charge in [-0.1, -0.05) is 24.8 Å². The Hall–Kier alpha value is -1.42. The standard InChI is InChI=1S/C13H14N4S2/c1-3-12-16-13(19-17-12)18-11-5-4-9(8-15-2)6-10(11)7-14/h4-6,15H,3,8H2,1-2H3. The van der Waals surface area contributed by atoms with Crippen LogP contribution in [0.5, 0.6) is 0 Å². The number of aryl methyl sites for hydroxylation is 1. The third-order valence-corrected chi connectivity index (χ3v) is 4.37. The first-order valence-electron chi connectivity index (χ1n) is 5.95. The van der Waals surface area contributed by atoms with E-state index in [1.165, 1.54) is 23.3 Å². The van der Waals surface area contributed by atoms with E-state index in [0.717, 1.165) is 33.6 Å². The predicted octanol–water partition coefficient (Wildman–Crippen LogP) is 2.84. The van der Waals surface area contributed by atoms with Crippen LogP contribution in [0.4, 0.5) is 0 Å². The van der Waals surface area contributed by atoms with Gasteiger partial charge < -0.3 is 5.32 Å². The van der Waals surface area contributed by atoms with E-state index in [9.17, 15) is 5.26 Å². The van der Waals surface area contributed by atoms with Gasteiger partial charge in [-0.05, 0) is 36.3 Å². The lowest BCUT2D eigenvalue weighted by atomic mass is 10.1. The summed E-state index contributed by atoms with van der Waals surface area (Å²) in [5.74, 6) is 0.859. The summed E-state index contributed by atoms with van der Waals surface area (Å²) in [5.41, 5.74) is 1.79. The van der Waals surface area contributed by atoms with Gasteiger partial charge in [-0.2, -0.15) is 9.64 Å². The molecule has 2 rings (SSSR count). The molecule has 0 saturated carbocycles. The van der Waals surface area contributed by atoms with Crippen LogP contribution < -0.4 is 5.32 Å². The molecule has 0 unspecified atom stereocenters. The lowest BCUT2D eigenvalue weighted by Crippen LogP contribution is -2.05. The second-order valence-corrected chi connectivity index (χ2v) is 5.95. The van der Waals surface area contributed by atoms with Crippen LogP contribution in [0.15, 0.2) is 27.4 Å². The fourth-order valence-electron chi connectivity index (χ4n) is 1.58.